The van der Waals surface area contributed by atoms with Gasteiger partial charge in [0.1, 0.15) is 6.07 Å². The van der Waals surface area contributed by atoms with Gasteiger partial charge in [-0.2, -0.15) is 10.2 Å². The Morgan fingerprint density at radius 2 is 1.96 bits per heavy atom. The van der Waals surface area contributed by atoms with E-state index in [0.29, 0.717) is 18.3 Å². The van der Waals surface area contributed by atoms with Crippen molar-refractivity contribution in [1.82, 2.24) is 14.9 Å². The maximum Gasteiger partial charge on any atom is 0.232 e. The number of pyridine rings is 1. The van der Waals surface area contributed by atoms with Crippen molar-refractivity contribution in [2.45, 2.75) is 6.04 Å². The van der Waals surface area contributed by atoms with Gasteiger partial charge in [-0.1, -0.05) is 30.3 Å². The summed E-state index contributed by atoms with van der Waals surface area (Å²) in [7, 11) is 0. The molecule has 0 radical (unpaired) electrons. The highest BCUT2D eigenvalue weighted by Crippen LogP contribution is 2.27. The van der Waals surface area contributed by atoms with Gasteiger partial charge in [0.05, 0.1) is 24.8 Å². The Bertz CT molecular complexity index is 930. The summed E-state index contributed by atoms with van der Waals surface area (Å²) in [6.45, 7) is 3.77. The number of morpholine rings is 1. The fraction of sp³-hybridized carbons (Fsp3) is 0.286. The molecule has 2 aromatic heterocycles. The molecule has 0 bridgehead atoms. The van der Waals surface area contributed by atoms with E-state index in [9.17, 15) is 5.26 Å². The minimum absolute atomic E-state index is 0.142. The molecule has 7 nitrogen and oxygen atoms in total. The lowest BCUT2D eigenvalue weighted by molar-refractivity contribution is 0.0186. The van der Waals surface area contributed by atoms with Crippen molar-refractivity contribution in [3.05, 3.63) is 66.1 Å². The van der Waals surface area contributed by atoms with Crippen molar-refractivity contribution in [2.75, 3.05) is 38.2 Å². The minimum atomic E-state index is 0.142. The summed E-state index contributed by atoms with van der Waals surface area (Å²) < 4.78 is 11.3. The van der Waals surface area contributed by atoms with Crippen LogP contribution in [0.2, 0.25) is 0 Å². The number of benzene rings is 1. The molecule has 1 atom stereocenters. The number of anilines is 1. The van der Waals surface area contributed by atoms with E-state index in [4.69, 9.17) is 9.15 Å². The van der Waals surface area contributed by atoms with Crippen molar-refractivity contribution in [2.24, 2.45) is 0 Å². The predicted octanol–water partition coefficient (Wildman–Crippen LogP) is 3.09. The third-order valence-corrected chi connectivity index (χ3v) is 4.77. The number of hydrogen-bond donors (Lipinski definition) is 1. The molecule has 1 N–H and O–H groups in total. The van der Waals surface area contributed by atoms with Gasteiger partial charge in [0, 0.05) is 32.0 Å². The van der Waals surface area contributed by atoms with Gasteiger partial charge in [-0.05, 0) is 17.7 Å². The summed E-state index contributed by atoms with van der Waals surface area (Å²) in [6, 6.07) is 16.2. The summed E-state index contributed by atoms with van der Waals surface area (Å²) in [5.74, 6) is 0.769. The molecule has 4 rings (SSSR count). The van der Waals surface area contributed by atoms with Crippen LogP contribution in [-0.2, 0) is 4.74 Å². The Hall–Kier alpha value is -3.21. The Kier molecular flexibility index (Phi) is 5.61. The Morgan fingerprint density at radius 3 is 2.68 bits per heavy atom. The lowest BCUT2D eigenvalue weighted by Gasteiger charge is -2.34. The molecule has 1 saturated heterocycles. The van der Waals surface area contributed by atoms with Crippen LogP contribution in [0.25, 0.3) is 11.5 Å². The number of hydrogen-bond acceptors (Lipinski definition) is 7. The first kappa shape index (κ1) is 18.2. The van der Waals surface area contributed by atoms with Gasteiger partial charge < -0.3 is 14.5 Å². The van der Waals surface area contributed by atoms with Crippen LogP contribution in [0.4, 0.5) is 5.88 Å². The number of aromatic nitrogens is 2. The molecule has 0 unspecified atom stereocenters. The molecule has 0 aliphatic carbocycles. The maximum atomic E-state index is 9.45. The lowest BCUT2D eigenvalue weighted by atomic mass is 10.0. The Balaban J connectivity index is 1.55. The average molecular weight is 375 g/mol. The zero-order valence-corrected chi connectivity index (χ0v) is 15.4. The van der Waals surface area contributed by atoms with Gasteiger partial charge >= 0.3 is 0 Å². The molecule has 28 heavy (non-hydrogen) atoms. The molecule has 3 aromatic rings. The standard InChI is InChI=1S/C21H21N5O2/c22-13-18-21(28-20(25-18)17-7-4-8-23-14-17)24-15-19(16-5-2-1-3-6-16)26-9-11-27-12-10-26/h1-8,14,19,24H,9-12,15H2/t19-/m0/s1. The first-order chi connectivity index (χ1) is 13.8. The number of nitrogens with zero attached hydrogens (tertiary/aromatic N) is 4. The lowest BCUT2D eigenvalue weighted by Crippen LogP contribution is -2.41. The predicted molar refractivity (Wildman–Crippen MR) is 105 cm³/mol. The smallest absolute Gasteiger partial charge is 0.232 e. The monoisotopic (exact) mass is 375 g/mol. The zero-order valence-electron chi connectivity index (χ0n) is 15.4. The molecular formula is C21H21N5O2. The maximum absolute atomic E-state index is 9.45. The average Bonchev–Trinajstić information content (AvgIpc) is 3.19. The van der Waals surface area contributed by atoms with E-state index < -0.39 is 0 Å². The van der Waals surface area contributed by atoms with Crippen LogP contribution in [0, 0.1) is 11.3 Å². The van der Waals surface area contributed by atoms with Crippen LogP contribution in [-0.4, -0.2) is 47.7 Å². The molecule has 7 heteroatoms. The normalized spacial score (nSPS) is 15.7. The number of oxazole rings is 1. The van der Waals surface area contributed by atoms with Crippen molar-refractivity contribution >= 4 is 5.88 Å². The summed E-state index contributed by atoms with van der Waals surface area (Å²) in [6.07, 6.45) is 3.35. The quantitative estimate of drug-likeness (QED) is 0.708. The van der Waals surface area contributed by atoms with Gasteiger partial charge in [-0.25, -0.2) is 0 Å². The molecule has 0 spiro atoms. The Morgan fingerprint density at radius 1 is 1.14 bits per heavy atom. The fourth-order valence-electron chi connectivity index (χ4n) is 3.34. The van der Waals surface area contributed by atoms with E-state index in [1.165, 1.54) is 5.56 Å². The van der Waals surface area contributed by atoms with E-state index in [2.05, 4.69) is 38.4 Å². The summed E-state index contributed by atoms with van der Waals surface area (Å²) in [5.41, 5.74) is 2.19. The van der Waals surface area contributed by atoms with Crippen LogP contribution in [0.1, 0.15) is 17.3 Å². The molecule has 1 aliphatic rings. The first-order valence-electron chi connectivity index (χ1n) is 9.27. The SMILES string of the molecule is N#Cc1nc(-c2cccnc2)oc1NC[C@@H](c1ccccc1)N1CCOCC1. The van der Waals surface area contributed by atoms with Crippen molar-refractivity contribution in [1.29, 1.82) is 5.26 Å². The van der Waals surface area contributed by atoms with E-state index in [1.54, 1.807) is 12.4 Å². The summed E-state index contributed by atoms with van der Waals surface area (Å²) in [5, 5.41) is 12.8. The highest BCUT2D eigenvalue weighted by molar-refractivity contribution is 5.57. The molecular weight excluding hydrogens is 354 g/mol. The van der Waals surface area contributed by atoms with E-state index in [0.717, 1.165) is 31.9 Å². The molecule has 1 fully saturated rings. The summed E-state index contributed by atoms with van der Waals surface area (Å²) >= 11 is 0. The largest absolute Gasteiger partial charge is 0.419 e. The minimum Gasteiger partial charge on any atom is -0.419 e. The molecule has 0 saturated carbocycles. The fourth-order valence-corrected chi connectivity index (χ4v) is 3.34. The third kappa shape index (κ3) is 4.03. The van der Waals surface area contributed by atoms with Gasteiger partial charge in [-0.15, -0.1) is 0 Å². The molecule has 1 aliphatic heterocycles. The van der Waals surface area contributed by atoms with Crippen LogP contribution in [0.5, 0.6) is 0 Å². The molecule has 1 aromatic carbocycles. The van der Waals surface area contributed by atoms with Crippen LogP contribution in [0.15, 0.2) is 59.3 Å². The molecule has 142 valence electrons. The summed E-state index contributed by atoms with van der Waals surface area (Å²) in [4.78, 5) is 10.8. The van der Waals surface area contributed by atoms with Gasteiger partial charge in [0.15, 0.2) is 0 Å². The number of nitrogens with one attached hydrogen (secondary N) is 1. The second-order valence-electron chi connectivity index (χ2n) is 6.51. The van der Waals surface area contributed by atoms with Gasteiger partial charge in [0.2, 0.25) is 17.5 Å². The van der Waals surface area contributed by atoms with Crippen molar-refractivity contribution < 1.29 is 9.15 Å². The van der Waals surface area contributed by atoms with Crippen LogP contribution in [0.3, 0.4) is 0 Å². The topological polar surface area (TPSA) is 87.2 Å². The highest BCUT2D eigenvalue weighted by atomic mass is 16.5. The van der Waals surface area contributed by atoms with E-state index >= 15 is 0 Å². The van der Waals surface area contributed by atoms with Crippen molar-refractivity contribution in [3.63, 3.8) is 0 Å². The number of rotatable bonds is 6. The van der Waals surface area contributed by atoms with Gasteiger partial charge in [-0.3, -0.25) is 9.88 Å². The van der Waals surface area contributed by atoms with Crippen LogP contribution >= 0.6 is 0 Å². The Labute approximate surface area is 163 Å². The van der Waals surface area contributed by atoms with E-state index in [-0.39, 0.29) is 11.7 Å². The number of nitriles is 1. The molecule has 0 amide bonds. The van der Waals surface area contributed by atoms with Crippen LogP contribution < -0.4 is 5.32 Å². The first-order valence-corrected chi connectivity index (χ1v) is 9.27. The third-order valence-electron chi connectivity index (χ3n) is 4.77. The second kappa shape index (κ2) is 8.65. The van der Waals surface area contributed by atoms with Gasteiger partial charge in [0.25, 0.3) is 0 Å². The highest BCUT2D eigenvalue weighted by Gasteiger charge is 2.24. The second-order valence-corrected chi connectivity index (χ2v) is 6.51. The molecule has 3 heterocycles. The van der Waals surface area contributed by atoms with E-state index in [1.807, 2.05) is 30.3 Å². The zero-order chi connectivity index (χ0) is 19.2. The van der Waals surface area contributed by atoms with Crippen molar-refractivity contribution in [3.8, 4) is 17.5 Å². The number of ether oxygens (including phenoxy) is 1.